The van der Waals surface area contributed by atoms with Gasteiger partial charge in [0.25, 0.3) is 5.91 Å². The largest absolute Gasteiger partial charge is 0.480 e. The maximum Gasteiger partial charge on any atom is 0.326 e. The number of anilines is 1. The van der Waals surface area contributed by atoms with Crippen LogP contribution in [0.3, 0.4) is 0 Å². The van der Waals surface area contributed by atoms with Crippen LogP contribution in [-0.2, 0) is 4.79 Å². The SMILES string of the molecule is CN(C)c1cccc(C(=O)N[C@@H](C(=O)O)C(C)(C)C)c1. The Bertz CT molecular complexity index is 504. The molecule has 0 spiro atoms. The van der Waals surface area contributed by atoms with E-state index in [-0.39, 0.29) is 5.91 Å². The number of amides is 1. The summed E-state index contributed by atoms with van der Waals surface area (Å²) in [4.78, 5) is 25.3. The third-order valence-electron chi connectivity index (χ3n) is 3.01. The van der Waals surface area contributed by atoms with E-state index in [0.717, 1.165) is 5.69 Å². The first-order valence-electron chi connectivity index (χ1n) is 6.44. The highest BCUT2D eigenvalue weighted by atomic mass is 16.4. The highest BCUT2D eigenvalue weighted by Gasteiger charge is 2.32. The van der Waals surface area contributed by atoms with Gasteiger partial charge in [0.1, 0.15) is 6.04 Å². The minimum atomic E-state index is -1.03. The van der Waals surface area contributed by atoms with Gasteiger partial charge < -0.3 is 15.3 Å². The number of carbonyl (C=O) groups excluding carboxylic acids is 1. The number of carboxylic acids is 1. The predicted octanol–water partition coefficient (Wildman–Crippen LogP) is 1.98. The fourth-order valence-corrected chi connectivity index (χ4v) is 1.79. The molecule has 0 aliphatic rings. The van der Waals surface area contributed by atoms with Crippen molar-refractivity contribution in [3.8, 4) is 0 Å². The number of benzene rings is 1. The van der Waals surface area contributed by atoms with Gasteiger partial charge in [-0.25, -0.2) is 4.79 Å². The van der Waals surface area contributed by atoms with E-state index in [2.05, 4.69) is 5.32 Å². The molecule has 0 radical (unpaired) electrons. The van der Waals surface area contributed by atoms with Crippen LogP contribution in [-0.4, -0.2) is 37.1 Å². The molecule has 0 bridgehead atoms. The zero-order valence-corrected chi connectivity index (χ0v) is 12.6. The van der Waals surface area contributed by atoms with E-state index < -0.39 is 17.4 Å². The van der Waals surface area contributed by atoms with Crippen LogP contribution < -0.4 is 10.2 Å². The summed E-state index contributed by atoms with van der Waals surface area (Å²) in [5, 5.41) is 11.8. The number of carbonyl (C=O) groups is 2. The Kier molecular flexibility index (Phi) is 4.76. The lowest BCUT2D eigenvalue weighted by Crippen LogP contribution is -2.49. The van der Waals surface area contributed by atoms with Gasteiger partial charge in [-0.05, 0) is 23.6 Å². The minimum absolute atomic E-state index is 0.379. The summed E-state index contributed by atoms with van der Waals surface area (Å²) in [7, 11) is 3.76. The number of hydrogen-bond donors (Lipinski definition) is 2. The molecular formula is C15H22N2O3. The van der Waals surface area contributed by atoms with Gasteiger partial charge in [-0.15, -0.1) is 0 Å². The predicted molar refractivity (Wildman–Crippen MR) is 79.1 cm³/mol. The molecule has 0 saturated carbocycles. The van der Waals surface area contributed by atoms with Crippen molar-refractivity contribution in [1.29, 1.82) is 0 Å². The minimum Gasteiger partial charge on any atom is -0.480 e. The van der Waals surface area contributed by atoms with Crippen LogP contribution in [0.15, 0.2) is 24.3 Å². The van der Waals surface area contributed by atoms with Crippen molar-refractivity contribution in [3.05, 3.63) is 29.8 Å². The molecule has 1 aromatic carbocycles. The maximum atomic E-state index is 12.2. The lowest BCUT2D eigenvalue weighted by molar-refractivity contribution is -0.142. The lowest BCUT2D eigenvalue weighted by Gasteiger charge is -2.27. The summed E-state index contributed by atoms with van der Waals surface area (Å²) in [6.45, 7) is 5.34. The molecule has 0 heterocycles. The fourth-order valence-electron chi connectivity index (χ4n) is 1.79. The standard InChI is InChI=1S/C15H22N2O3/c1-15(2,3)12(14(19)20)16-13(18)10-7-6-8-11(9-10)17(4)5/h6-9,12H,1-5H3,(H,16,18)(H,19,20)/t12-/m0/s1. The number of carboxylic acid groups (broad SMARTS) is 1. The Hall–Kier alpha value is -2.04. The summed E-state index contributed by atoms with van der Waals surface area (Å²) in [6.07, 6.45) is 0. The Morgan fingerprint density at radius 3 is 2.30 bits per heavy atom. The molecule has 1 atom stereocenters. The average molecular weight is 278 g/mol. The summed E-state index contributed by atoms with van der Waals surface area (Å²) >= 11 is 0. The Morgan fingerprint density at radius 2 is 1.85 bits per heavy atom. The third-order valence-corrected chi connectivity index (χ3v) is 3.01. The Labute approximate surface area is 119 Å². The quantitative estimate of drug-likeness (QED) is 0.883. The zero-order valence-electron chi connectivity index (χ0n) is 12.6. The highest BCUT2D eigenvalue weighted by Crippen LogP contribution is 2.20. The molecule has 110 valence electrons. The maximum absolute atomic E-state index is 12.2. The van der Waals surface area contributed by atoms with Crippen molar-refractivity contribution < 1.29 is 14.7 Å². The van der Waals surface area contributed by atoms with Crippen molar-refractivity contribution in [2.45, 2.75) is 26.8 Å². The molecule has 1 amide bonds. The van der Waals surface area contributed by atoms with Crippen LogP contribution in [0.5, 0.6) is 0 Å². The average Bonchev–Trinajstić information content (AvgIpc) is 2.33. The molecule has 5 heteroatoms. The van der Waals surface area contributed by atoms with Gasteiger partial charge in [0.05, 0.1) is 0 Å². The van der Waals surface area contributed by atoms with Crippen molar-refractivity contribution in [2.24, 2.45) is 5.41 Å². The molecule has 1 rings (SSSR count). The molecular weight excluding hydrogens is 256 g/mol. The van der Waals surface area contributed by atoms with E-state index >= 15 is 0 Å². The number of nitrogens with zero attached hydrogens (tertiary/aromatic N) is 1. The molecule has 1 aromatic rings. The van der Waals surface area contributed by atoms with Gasteiger partial charge in [-0.2, -0.15) is 0 Å². The first-order chi connectivity index (χ1) is 9.12. The van der Waals surface area contributed by atoms with Gasteiger partial charge in [0.2, 0.25) is 0 Å². The van der Waals surface area contributed by atoms with Gasteiger partial charge in [-0.1, -0.05) is 26.8 Å². The van der Waals surface area contributed by atoms with Crippen molar-refractivity contribution in [2.75, 3.05) is 19.0 Å². The van der Waals surface area contributed by atoms with Crippen molar-refractivity contribution >= 4 is 17.6 Å². The van der Waals surface area contributed by atoms with E-state index in [1.807, 2.05) is 25.1 Å². The number of hydrogen-bond acceptors (Lipinski definition) is 3. The third kappa shape index (κ3) is 3.98. The lowest BCUT2D eigenvalue weighted by atomic mass is 9.86. The second-order valence-electron chi connectivity index (χ2n) is 6.06. The number of nitrogens with one attached hydrogen (secondary N) is 1. The summed E-state index contributed by atoms with van der Waals surface area (Å²) < 4.78 is 0. The van der Waals surface area contributed by atoms with Gasteiger partial charge in [0, 0.05) is 25.3 Å². The van der Waals surface area contributed by atoms with Crippen LogP contribution >= 0.6 is 0 Å². The molecule has 0 fully saturated rings. The molecule has 2 N–H and O–H groups in total. The van der Waals surface area contributed by atoms with E-state index in [4.69, 9.17) is 0 Å². The summed E-state index contributed by atoms with van der Waals surface area (Å²) in [5.74, 6) is -1.41. The molecule has 0 aliphatic carbocycles. The zero-order chi connectivity index (χ0) is 15.5. The van der Waals surface area contributed by atoms with Crippen molar-refractivity contribution in [3.63, 3.8) is 0 Å². The topological polar surface area (TPSA) is 69.6 Å². The Morgan fingerprint density at radius 1 is 1.25 bits per heavy atom. The molecule has 0 saturated heterocycles. The van der Waals surface area contributed by atoms with E-state index in [0.29, 0.717) is 5.56 Å². The first kappa shape index (κ1) is 16.0. The Balaban J connectivity index is 2.95. The van der Waals surface area contributed by atoms with Crippen LogP contribution in [0.1, 0.15) is 31.1 Å². The highest BCUT2D eigenvalue weighted by molar-refractivity contribution is 5.97. The second kappa shape index (κ2) is 5.94. The smallest absolute Gasteiger partial charge is 0.326 e. The van der Waals surface area contributed by atoms with E-state index in [1.54, 1.807) is 39.0 Å². The number of aliphatic carboxylic acids is 1. The molecule has 0 aromatic heterocycles. The van der Waals surface area contributed by atoms with Crippen LogP contribution in [0.25, 0.3) is 0 Å². The van der Waals surface area contributed by atoms with Crippen molar-refractivity contribution in [1.82, 2.24) is 5.32 Å². The van der Waals surface area contributed by atoms with Crippen LogP contribution in [0, 0.1) is 5.41 Å². The van der Waals surface area contributed by atoms with Gasteiger partial charge >= 0.3 is 5.97 Å². The molecule has 0 aliphatic heterocycles. The van der Waals surface area contributed by atoms with E-state index in [1.165, 1.54) is 0 Å². The van der Waals surface area contributed by atoms with Crippen LogP contribution in [0.2, 0.25) is 0 Å². The number of rotatable bonds is 4. The summed E-state index contributed by atoms with van der Waals surface area (Å²) in [6, 6.07) is 6.13. The molecule has 0 unspecified atom stereocenters. The van der Waals surface area contributed by atoms with Crippen LogP contribution in [0.4, 0.5) is 5.69 Å². The summed E-state index contributed by atoms with van der Waals surface area (Å²) in [5.41, 5.74) is 0.785. The second-order valence-corrected chi connectivity index (χ2v) is 6.06. The fraction of sp³-hybridized carbons (Fsp3) is 0.467. The first-order valence-corrected chi connectivity index (χ1v) is 6.44. The normalized spacial score (nSPS) is 12.7. The molecule has 5 nitrogen and oxygen atoms in total. The van der Waals surface area contributed by atoms with Gasteiger partial charge in [0.15, 0.2) is 0 Å². The molecule has 20 heavy (non-hydrogen) atoms. The van der Waals surface area contributed by atoms with E-state index in [9.17, 15) is 14.7 Å². The monoisotopic (exact) mass is 278 g/mol. The van der Waals surface area contributed by atoms with Gasteiger partial charge in [-0.3, -0.25) is 4.79 Å².